The van der Waals surface area contributed by atoms with Crippen molar-refractivity contribution in [1.29, 1.82) is 0 Å². The van der Waals surface area contributed by atoms with Gasteiger partial charge in [-0.15, -0.1) is 0 Å². The summed E-state index contributed by atoms with van der Waals surface area (Å²) in [5.74, 6) is 0. The maximum Gasteiger partial charge on any atom is 0.0698 e. The van der Waals surface area contributed by atoms with E-state index >= 15 is 0 Å². The van der Waals surface area contributed by atoms with E-state index in [1.807, 2.05) is 0 Å². The zero-order valence-electron chi connectivity index (χ0n) is 10.9. The summed E-state index contributed by atoms with van der Waals surface area (Å²) in [6.07, 6.45) is 3.78. The Labute approximate surface area is 109 Å². The Morgan fingerprint density at radius 2 is 2.06 bits per heavy atom. The molecule has 100 valence electrons. The molecule has 0 spiro atoms. The number of ether oxygens (including phenoxy) is 1. The zero-order valence-corrected chi connectivity index (χ0v) is 10.9. The summed E-state index contributed by atoms with van der Waals surface area (Å²) in [6, 6.07) is 11.1. The predicted octanol–water partition coefficient (Wildman–Crippen LogP) is 2.05. The number of aliphatic hydroxyl groups is 1. The molecular weight excluding hydrogens is 226 g/mol. The van der Waals surface area contributed by atoms with Gasteiger partial charge in [-0.05, 0) is 24.9 Å². The maximum atomic E-state index is 8.76. The highest BCUT2D eigenvalue weighted by Gasteiger charge is 2.22. The standard InChI is InChI=1S/C15H23NO2/c17-10-11-18-13-15-8-4-5-9-16(15)12-14-6-2-1-3-7-14/h1-3,6-7,15,17H,4-5,8-13H2. The number of benzene rings is 1. The second-order valence-corrected chi connectivity index (χ2v) is 4.90. The highest BCUT2D eigenvalue weighted by atomic mass is 16.5. The molecule has 3 nitrogen and oxygen atoms in total. The van der Waals surface area contributed by atoms with E-state index in [1.165, 1.54) is 24.8 Å². The molecule has 3 heteroatoms. The summed E-state index contributed by atoms with van der Waals surface area (Å²) in [5.41, 5.74) is 1.37. The molecule has 0 bridgehead atoms. The third kappa shape index (κ3) is 4.09. The Morgan fingerprint density at radius 3 is 2.83 bits per heavy atom. The van der Waals surface area contributed by atoms with Gasteiger partial charge < -0.3 is 9.84 Å². The van der Waals surface area contributed by atoms with Crippen molar-refractivity contribution in [3.8, 4) is 0 Å². The van der Waals surface area contributed by atoms with Gasteiger partial charge in [0.25, 0.3) is 0 Å². The van der Waals surface area contributed by atoms with E-state index in [0.717, 1.165) is 19.7 Å². The second kappa shape index (κ2) is 7.52. The van der Waals surface area contributed by atoms with Crippen molar-refractivity contribution in [2.24, 2.45) is 0 Å². The van der Waals surface area contributed by atoms with Gasteiger partial charge in [-0.25, -0.2) is 0 Å². The van der Waals surface area contributed by atoms with Gasteiger partial charge >= 0.3 is 0 Å². The first-order valence-electron chi connectivity index (χ1n) is 6.86. The zero-order chi connectivity index (χ0) is 12.6. The van der Waals surface area contributed by atoms with E-state index in [9.17, 15) is 0 Å². The van der Waals surface area contributed by atoms with Gasteiger partial charge in [-0.2, -0.15) is 0 Å². The lowest BCUT2D eigenvalue weighted by molar-refractivity contribution is 0.0223. The van der Waals surface area contributed by atoms with Gasteiger partial charge in [0.2, 0.25) is 0 Å². The van der Waals surface area contributed by atoms with Crippen molar-refractivity contribution in [2.75, 3.05) is 26.4 Å². The molecule has 0 aromatic heterocycles. The highest BCUT2D eigenvalue weighted by molar-refractivity contribution is 5.14. The minimum atomic E-state index is 0.116. The van der Waals surface area contributed by atoms with Gasteiger partial charge in [0.15, 0.2) is 0 Å². The SMILES string of the molecule is OCCOCC1CCCCN1Cc1ccccc1. The average molecular weight is 249 g/mol. The van der Waals surface area contributed by atoms with Gasteiger partial charge in [-0.3, -0.25) is 4.90 Å². The molecule has 2 rings (SSSR count). The molecule has 0 amide bonds. The van der Waals surface area contributed by atoms with Crippen LogP contribution in [0.5, 0.6) is 0 Å². The minimum absolute atomic E-state index is 0.116. The quantitative estimate of drug-likeness (QED) is 0.783. The van der Waals surface area contributed by atoms with E-state index in [0.29, 0.717) is 12.6 Å². The summed E-state index contributed by atoms with van der Waals surface area (Å²) in [7, 11) is 0. The van der Waals surface area contributed by atoms with Crippen LogP contribution in [0.3, 0.4) is 0 Å². The molecule has 0 saturated carbocycles. The van der Waals surface area contributed by atoms with E-state index in [1.54, 1.807) is 0 Å². The molecule has 1 N–H and O–H groups in total. The van der Waals surface area contributed by atoms with Crippen molar-refractivity contribution in [3.05, 3.63) is 35.9 Å². The molecule has 1 unspecified atom stereocenters. The van der Waals surface area contributed by atoms with Crippen LogP contribution in [0.4, 0.5) is 0 Å². The van der Waals surface area contributed by atoms with Crippen LogP contribution >= 0.6 is 0 Å². The largest absolute Gasteiger partial charge is 0.394 e. The Morgan fingerprint density at radius 1 is 1.22 bits per heavy atom. The number of likely N-dealkylation sites (tertiary alicyclic amines) is 1. The lowest BCUT2D eigenvalue weighted by Crippen LogP contribution is -2.42. The number of aliphatic hydroxyl groups excluding tert-OH is 1. The van der Waals surface area contributed by atoms with Crippen LogP contribution < -0.4 is 0 Å². The Bertz CT molecular complexity index is 329. The summed E-state index contributed by atoms with van der Waals surface area (Å²) in [5, 5.41) is 8.76. The summed E-state index contributed by atoms with van der Waals surface area (Å²) < 4.78 is 5.50. The molecular formula is C15H23NO2. The molecule has 0 radical (unpaired) electrons. The first-order valence-corrected chi connectivity index (χ1v) is 6.86. The smallest absolute Gasteiger partial charge is 0.0698 e. The van der Waals surface area contributed by atoms with Crippen LogP contribution in [0.2, 0.25) is 0 Å². The van der Waals surface area contributed by atoms with Crippen molar-refractivity contribution < 1.29 is 9.84 Å². The van der Waals surface area contributed by atoms with Gasteiger partial charge in [0, 0.05) is 12.6 Å². The normalized spacial score (nSPS) is 21.1. The average Bonchev–Trinajstić information content (AvgIpc) is 2.42. The molecule has 18 heavy (non-hydrogen) atoms. The van der Waals surface area contributed by atoms with Crippen LogP contribution in [0.1, 0.15) is 24.8 Å². The summed E-state index contributed by atoms with van der Waals surface area (Å²) in [4.78, 5) is 2.51. The van der Waals surface area contributed by atoms with E-state index in [2.05, 4.69) is 35.2 Å². The Hall–Kier alpha value is -0.900. The number of hydrogen-bond acceptors (Lipinski definition) is 3. The first-order chi connectivity index (χ1) is 8.90. The minimum Gasteiger partial charge on any atom is -0.394 e. The second-order valence-electron chi connectivity index (χ2n) is 4.90. The molecule has 1 aliphatic heterocycles. The van der Waals surface area contributed by atoms with Crippen LogP contribution in [0, 0.1) is 0 Å². The van der Waals surface area contributed by atoms with Crippen LogP contribution in [0.25, 0.3) is 0 Å². The predicted molar refractivity (Wildman–Crippen MR) is 72.4 cm³/mol. The molecule has 0 aliphatic carbocycles. The van der Waals surface area contributed by atoms with E-state index in [-0.39, 0.29) is 6.61 Å². The number of nitrogens with zero attached hydrogens (tertiary/aromatic N) is 1. The van der Waals surface area contributed by atoms with Gasteiger partial charge in [0.05, 0.1) is 19.8 Å². The third-order valence-corrected chi connectivity index (χ3v) is 3.52. The van der Waals surface area contributed by atoms with Gasteiger partial charge in [-0.1, -0.05) is 36.8 Å². The van der Waals surface area contributed by atoms with Crippen molar-refractivity contribution in [1.82, 2.24) is 4.90 Å². The van der Waals surface area contributed by atoms with Crippen molar-refractivity contribution in [2.45, 2.75) is 31.8 Å². The summed E-state index contributed by atoms with van der Waals surface area (Å²) in [6.45, 7) is 3.48. The lowest BCUT2D eigenvalue weighted by Gasteiger charge is -2.35. The highest BCUT2D eigenvalue weighted by Crippen LogP contribution is 2.19. The molecule has 1 aliphatic rings. The molecule has 1 atom stereocenters. The van der Waals surface area contributed by atoms with E-state index in [4.69, 9.17) is 9.84 Å². The van der Waals surface area contributed by atoms with Crippen molar-refractivity contribution in [3.63, 3.8) is 0 Å². The fourth-order valence-electron chi connectivity index (χ4n) is 2.56. The molecule has 1 aromatic carbocycles. The monoisotopic (exact) mass is 249 g/mol. The fraction of sp³-hybridized carbons (Fsp3) is 0.600. The Kier molecular flexibility index (Phi) is 5.65. The fourth-order valence-corrected chi connectivity index (χ4v) is 2.56. The lowest BCUT2D eigenvalue weighted by atomic mass is 10.0. The molecule has 1 heterocycles. The van der Waals surface area contributed by atoms with Gasteiger partial charge in [0.1, 0.15) is 0 Å². The molecule has 1 fully saturated rings. The molecule has 1 aromatic rings. The Balaban J connectivity index is 1.87. The maximum absolute atomic E-state index is 8.76. The van der Waals surface area contributed by atoms with E-state index < -0.39 is 0 Å². The molecule has 1 saturated heterocycles. The first kappa shape index (κ1) is 13.5. The van der Waals surface area contributed by atoms with Crippen molar-refractivity contribution >= 4 is 0 Å². The number of piperidine rings is 1. The topological polar surface area (TPSA) is 32.7 Å². The third-order valence-electron chi connectivity index (χ3n) is 3.52. The number of hydrogen-bond donors (Lipinski definition) is 1. The van der Waals surface area contributed by atoms with Crippen LogP contribution in [0.15, 0.2) is 30.3 Å². The van der Waals surface area contributed by atoms with Crippen LogP contribution in [-0.4, -0.2) is 42.4 Å². The summed E-state index contributed by atoms with van der Waals surface area (Å²) >= 11 is 0. The number of rotatable bonds is 6. The van der Waals surface area contributed by atoms with Crippen LogP contribution in [-0.2, 0) is 11.3 Å².